The zero-order valence-corrected chi connectivity index (χ0v) is 17.4. The molecule has 0 aromatic heterocycles. The molecule has 0 fully saturated rings. The molecular formula is C19H22ClIN4. The molecule has 0 amide bonds. The summed E-state index contributed by atoms with van der Waals surface area (Å²) in [6.45, 7) is 5.42. The molecule has 25 heavy (non-hydrogen) atoms. The van der Waals surface area contributed by atoms with E-state index in [1.807, 2.05) is 43.3 Å². The first-order valence-electron chi connectivity index (χ1n) is 7.91. The zero-order valence-electron chi connectivity index (χ0n) is 14.3. The molecule has 0 spiro atoms. The van der Waals surface area contributed by atoms with Crippen molar-refractivity contribution in [3.63, 3.8) is 0 Å². The molecule has 6 heteroatoms. The number of nitrogens with zero attached hydrogens (tertiary/aromatic N) is 2. The molecular weight excluding hydrogens is 447 g/mol. The van der Waals surface area contributed by atoms with E-state index in [0.717, 1.165) is 28.7 Å². The summed E-state index contributed by atoms with van der Waals surface area (Å²) in [5.41, 5.74) is 2.82. The number of rotatable bonds is 5. The highest BCUT2D eigenvalue weighted by Gasteiger charge is 2.08. The molecule has 0 bridgehead atoms. The van der Waals surface area contributed by atoms with Crippen LogP contribution >= 0.6 is 35.6 Å². The largest absolute Gasteiger partial charge is 0.357 e. The molecule has 0 radical (unpaired) electrons. The molecule has 2 N–H and O–H groups in total. The second-order valence-corrected chi connectivity index (χ2v) is 5.86. The average molecular weight is 469 g/mol. The van der Waals surface area contributed by atoms with Crippen LogP contribution in [0.5, 0.6) is 0 Å². The van der Waals surface area contributed by atoms with Gasteiger partial charge in [-0.05, 0) is 49.2 Å². The third-order valence-electron chi connectivity index (χ3n) is 3.55. The molecule has 2 aromatic carbocycles. The van der Waals surface area contributed by atoms with Crippen molar-refractivity contribution in [2.45, 2.75) is 26.4 Å². The summed E-state index contributed by atoms with van der Waals surface area (Å²) < 4.78 is 0. The summed E-state index contributed by atoms with van der Waals surface area (Å²) in [7, 11) is 0. The van der Waals surface area contributed by atoms with Crippen LogP contribution in [0.15, 0.2) is 53.5 Å². The van der Waals surface area contributed by atoms with Crippen LogP contribution in [0.25, 0.3) is 0 Å². The van der Waals surface area contributed by atoms with Crippen LogP contribution in [-0.4, -0.2) is 12.5 Å². The van der Waals surface area contributed by atoms with Gasteiger partial charge in [0.05, 0.1) is 24.2 Å². The van der Waals surface area contributed by atoms with E-state index in [-0.39, 0.29) is 30.0 Å². The number of aliphatic imine (C=N–C) groups is 1. The van der Waals surface area contributed by atoms with Gasteiger partial charge in [-0.25, -0.2) is 4.99 Å². The van der Waals surface area contributed by atoms with Gasteiger partial charge in [-0.2, -0.15) is 5.26 Å². The van der Waals surface area contributed by atoms with Gasteiger partial charge in [0.2, 0.25) is 0 Å². The maximum Gasteiger partial charge on any atom is 0.192 e. The van der Waals surface area contributed by atoms with Crippen molar-refractivity contribution in [1.82, 2.24) is 10.6 Å². The lowest BCUT2D eigenvalue weighted by Gasteiger charge is -2.18. The second kappa shape index (κ2) is 11.0. The van der Waals surface area contributed by atoms with E-state index in [2.05, 4.69) is 28.6 Å². The third-order valence-corrected chi connectivity index (χ3v) is 3.78. The Bertz CT molecular complexity index is 738. The predicted octanol–water partition coefficient (Wildman–Crippen LogP) is 4.65. The molecule has 0 heterocycles. The normalized spacial score (nSPS) is 11.8. The van der Waals surface area contributed by atoms with Gasteiger partial charge >= 0.3 is 0 Å². The minimum absolute atomic E-state index is 0. The topological polar surface area (TPSA) is 60.2 Å². The predicted molar refractivity (Wildman–Crippen MR) is 114 cm³/mol. The molecule has 4 nitrogen and oxygen atoms in total. The Kier molecular flexibility index (Phi) is 9.32. The molecule has 2 rings (SSSR count). The Hall–Kier alpha value is -1.78. The Morgan fingerprint density at radius 1 is 1.24 bits per heavy atom. The molecule has 0 saturated heterocycles. The number of hydrogen-bond acceptors (Lipinski definition) is 2. The second-order valence-electron chi connectivity index (χ2n) is 5.42. The van der Waals surface area contributed by atoms with Crippen molar-refractivity contribution in [2.75, 3.05) is 6.54 Å². The van der Waals surface area contributed by atoms with Gasteiger partial charge < -0.3 is 10.6 Å². The van der Waals surface area contributed by atoms with Crippen molar-refractivity contribution >= 4 is 41.5 Å². The fraction of sp³-hybridized carbons (Fsp3) is 0.263. The van der Waals surface area contributed by atoms with Crippen molar-refractivity contribution in [1.29, 1.82) is 5.26 Å². The van der Waals surface area contributed by atoms with Crippen LogP contribution in [0.3, 0.4) is 0 Å². The Balaban J connectivity index is 0.00000312. The van der Waals surface area contributed by atoms with Crippen LogP contribution in [0.4, 0.5) is 0 Å². The van der Waals surface area contributed by atoms with Gasteiger partial charge in [-0.15, -0.1) is 24.0 Å². The molecule has 1 unspecified atom stereocenters. The SMILES string of the molecule is CCNC(=NCc1ccc(C#N)cc1)NC(C)c1cccc(Cl)c1.I. The van der Waals surface area contributed by atoms with E-state index in [1.165, 1.54) is 0 Å². The fourth-order valence-corrected chi connectivity index (χ4v) is 2.44. The lowest BCUT2D eigenvalue weighted by atomic mass is 10.1. The fourth-order valence-electron chi connectivity index (χ4n) is 2.24. The number of benzene rings is 2. The molecule has 2 aromatic rings. The lowest BCUT2D eigenvalue weighted by molar-refractivity contribution is 0.686. The monoisotopic (exact) mass is 468 g/mol. The summed E-state index contributed by atoms with van der Waals surface area (Å²) in [5.74, 6) is 0.745. The first-order chi connectivity index (χ1) is 11.6. The first-order valence-corrected chi connectivity index (χ1v) is 8.29. The van der Waals surface area contributed by atoms with Crippen molar-refractivity contribution in [3.05, 3.63) is 70.2 Å². The molecule has 0 saturated carbocycles. The summed E-state index contributed by atoms with van der Waals surface area (Å²) >= 11 is 6.06. The summed E-state index contributed by atoms with van der Waals surface area (Å²) in [6.07, 6.45) is 0. The summed E-state index contributed by atoms with van der Waals surface area (Å²) in [6, 6.07) is 17.4. The first kappa shape index (κ1) is 21.3. The molecule has 132 valence electrons. The standard InChI is InChI=1S/C19H21ClN4.HI/c1-3-22-19(23-13-16-9-7-15(12-21)8-10-16)24-14(2)17-5-4-6-18(20)11-17;/h4-11,14H,3,13H2,1-2H3,(H2,22,23,24);1H. The summed E-state index contributed by atoms with van der Waals surface area (Å²) in [4.78, 5) is 4.61. The Morgan fingerprint density at radius 3 is 2.56 bits per heavy atom. The van der Waals surface area contributed by atoms with Crippen LogP contribution < -0.4 is 10.6 Å². The minimum Gasteiger partial charge on any atom is -0.357 e. The van der Waals surface area contributed by atoms with Gasteiger partial charge in [0.25, 0.3) is 0 Å². The van der Waals surface area contributed by atoms with Crippen molar-refractivity contribution < 1.29 is 0 Å². The van der Waals surface area contributed by atoms with Crippen LogP contribution in [-0.2, 0) is 6.54 Å². The highest BCUT2D eigenvalue weighted by Crippen LogP contribution is 2.17. The molecule has 0 aliphatic rings. The van der Waals surface area contributed by atoms with Gasteiger partial charge in [-0.3, -0.25) is 0 Å². The van der Waals surface area contributed by atoms with Crippen LogP contribution in [0.1, 0.15) is 36.6 Å². The summed E-state index contributed by atoms with van der Waals surface area (Å²) in [5, 5.41) is 16.2. The van der Waals surface area contributed by atoms with Gasteiger partial charge in [0.15, 0.2) is 5.96 Å². The van der Waals surface area contributed by atoms with Gasteiger partial charge in [0.1, 0.15) is 0 Å². The maximum absolute atomic E-state index is 8.84. The van der Waals surface area contributed by atoms with Gasteiger partial charge in [0, 0.05) is 11.6 Å². The Labute approximate surface area is 171 Å². The smallest absolute Gasteiger partial charge is 0.192 e. The quantitative estimate of drug-likeness (QED) is 0.382. The highest BCUT2D eigenvalue weighted by molar-refractivity contribution is 14.0. The molecule has 0 aliphatic heterocycles. The number of nitriles is 1. The number of nitrogens with one attached hydrogen (secondary N) is 2. The van der Waals surface area contributed by atoms with E-state index in [4.69, 9.17) is 16.9 Å². The van der Waals surface area contributed by atoms with E-state index >= 15 is 0 Å². The van der Waals surface area contributed by atoms with E-state index in [1.54, 1.807) is 12.1 Å². The van der Waals surface area contributed by atoms with Crippen LogP contribution in [0, 0.1) is 11.3 Å². The Morgan fingerprint density at radius 2 is 1.96 bits per heavy atom. The van der Waals surface area contributed by atoms with E-state index < -0.39 is 0 Å². The minimum atomic E-state index is 0. The van der Waals surface area contributed by atoms with Crippen molar-refractivity contribution in [3.8, 4) is 6.07 Å². The zero-order chi connectivity index (χ0) is 17.4. The van der Waals surface area contributed by atoms with E-state index in [9.17, 15) is 0 Å². The van der Waals surface area contributed by atoms with E-state index in [0.29, 0.717) is 12.1 Å². The highest BCUT2D eigenvalue weighted by atomic mass is 127. The maximum atomic E-state index is 8.84. The van der Waals surface area contributed by atoms with Gasteiger partial charge in [-0.1, -0.05) is 35.9 Å². The molecule has 1 atom stereocenters. The van der Waals surface area contributed by atoms with Crippen molar-refractivity contribution in [2.24, 2.45) is 4.99 Å². The number of guanidine groups is 1. The average Bonchev–Trinajstić information content (AvgIpc) is 2.60. The lowest BCUT2D eigenvalue weighted by Crippen LogP contribution is -2.38. The third kappa shape index (κ3) is 6.92. The molecule has 0 aliphatic carbocycles. The number of hydrogen-bond donors (Lipinski definition) is 2. The van der Waals surface area contributed by atoms with Crippen LogP contribution in [0.2, 0.25) is 5.02 Å². The number of halogens is 2.